The molecule has 0 aliphatic carbocycles. The highest BCUT2D eigenvalue weighted by molar-refractivity contribution is 7.87. The molecule has 1 heterocycles. The number of aromatic nitrogens is 2. The van der Waals surface area contributed by atoms with Gasteiger partial charge in [-0.25, -0.2) is 4.98 Å². The van der Waals surface area contributed by atoms with Gasteiger partial charge in [-0.05, 0) is 45.7 Å². The average molecular weight is 403 g/mol. The summed E-state index contributed by atoms with van der Waals surface area (Å²) in [6.45, 7) is 9.52. The van der Waals surface area contributed by atoms with Crippen LogP contribution in [0.3, 0.4) is 0 Å². The molecular weight excluding hydrogens is 383 g/mol. The van der Waals surface area contributed by atoms with Crippen molar-refractivity contribution in [3.63, 3.8) is 0 Å². The van der Waals surface area contributed by atoms with E-state index in [0.717, 1.165) is 28.4 Å². The maximum Gasteiger partial charge on any atom is 0.534 e. The van der Waals surface area contributed by atoms with E-state index in [9.17, 15) is 21.6 Å². The summed E-state index contributed by atoms with van der Waals surface area (Å²) < 4.78 is 64.5. The van der Waals surface area contributed by atoms with E-state index < -0.39 is 21.5 Å². The van der Waals surface area contributed by atoms with Gasteiger partial charge in [0.25, 0.3) is 0 Å². The van der Waals surface area contributed by atoms with Crippen molar-refractivity contribution in [2.24, 2.45) is 0 Å². The van der Waals surface area contributed by atoms with Crippen molar-refractivity contribution >= 4 is 21.8 Å². The normalized spacial score (nSPS) is 12.1. The molecular formula is C17H20F3N3O3S. The molecule has 1 aromatic carbocycles. The number of benzene rings is 1. The first-order chi connectivity index (χ1) is 12.4. The van der Waals surface area contributed by atoms with Crippen molar-refractivity contribution in [2.75, 3.05) is 11.4 Å². The zero-order valence-corrected chi connectivity index (χ0v) is 16.4. The third-order valence-electron chi connectivity index (χ3n) is 3.76. The maximum atomic E-state index is 12.6. The lowest BCUT2D eigenvalue weighted by Crippen LogP contribution is -2.29. The SMILES string of the molecule is CCN(c1nc(C)cc(OS(=O)(=O)C(F)(F)F)n1)c1c(C)cc(C)cc1C. The molecule has 27 heavy (non-hydrogen) atoms. The number of hydrogen-bond donors (Lipinski definition) is 0. The minimum absolute atomic E-state index is 0.0555. The fourth-order valence-corrected chi connectivity index (χ4v) is 3.25. The second-order valence-electron chi connectivity index (χ2n) is 6.12. The number of hydrogen-bond acceptors (Lipinski definition) is 6. The molecule has 0 amide bonds. The number of nitrogens with zero attached hydrogens (tertiary/aromatic N) is 3. The Morgan fingerprint density at radius 3 is 2.07 bits per heavy atom. The Labute approximate surface area is 156 Å². The minimum Gasteiger partial charge on any atom is -0.355 e. The summed E-state index contributed by atoms with van der Waals surface area (Å²) in [6, 6.07) is 4.97. The van der Waals surface area contributed by atoms with Crippen LogP contribution in [0, 0.1) is 27.7 Å². The van der Waals surface area contributed by atoms with Gasteiger partial charge in [0.2, 0.25) is 11.8 Å². The first kappa shape index (κ1) is 20.9. The molecule has 6 nitrogen and oxygen atoms in total. The molecule has 0 aliphatic heterocycles. The fourth-order valence-electron chi connectivity index (χ4n) is 2.85. The van der Waals surface area contributed by atoms with Crippen LogP contribution in [-0.4, -0.2) is 30.4 Å². The molecule has 10 heteroatoms. The van der Waals surface area contributed by atoms with Gasteiger partial charge in [0.15, 0.2) is 0 Å². The van der Waals surface area contributed by atoms with E-state index in [1.54, 1.807) is 4.90 Å². The molecule has 0 atom stereocenters. The zero-order chi connectivity index (χ0) is 20.6. The van der Waals surface area contributed by atoms with E-state index in [-0.39, 0.29) is 11.6 Å². The molecule has 0 spiro atoms. The summed E-state index contributed by atoms with van der Waals surface area (Å²) in [5, 5.41) is 0. The van der Waals surface area contributed by atoms with Gasteiger partial charge < -0.3 is 9.08 Å². The van der Waals surface area contributed by atoms with Crippen LogP contribution in [0.5, 0.6) is 5.88 Å². The quantitative estimate of drug-likeness (QED) is 0.553. The standard InChI is InChI=1S/C17H20F3N3O3S/c1-6-23(15-11(3)7-10(2)8-12(15)4)16-21-13(5)9-14(22-16)26-27(24,25)17(18,19)20/h7-9H,6H2,1-5H3. The topological polar surface area (TPSA) is 72.4 Å². The number of rotatable bonds is 5. The van der Waals surface area contributed by atoms with E-state index in [2.05, 4.69) is 14.2 Å². The van der Waals surface area contributed by atoms with Crippen LogP contribution in [0.1, 0.15) is 29.3 Å². The summed E-state index contributed by atoms with van der Waals surface area (Å²) in [4.78, 5) is 9.83. The number of halogens is 3. The molecule has 1 aromatic heterocycles. The van der Waals surface area contributed by atoms with Crippen molar-refractivity contribution in [3.05, 3.63) is 40.6 Å². The van der Waals surface area contributed by atoms with Crippen LogP contribution in [-0.2, 0) is 10.1 Å². The molecule has 2 rings (SSSR count). The van der Waals surface area contributed by atoms with Gasteiger partial charge in [0.05, 0.1) is 0 Å². The van der Waals surface area contributed by atoms with Crippen LogP contribution < -0.4 is 9.08 Å². The monoisotopic (exact) mass is 403 g/mol. The van der Waals surface area contributed by atoms with Gasteiger partial charge in [-0.15, -0.1) is 0 Å². The second-order valence-corrected chi connectivity index (χ2v) is 7.66. The molecule has 0 saturated heterocycles. The Bertz CT molecular complexity index is 937. The van der Waals surface area contributed by atoms with Crippen LogP contribution in [0.2, 0.25) is 0 Å². The Balaban J connectivity index is 2.54. The average Bonchev–Trinajstić information content (AvgIpc) is 2.48. The number of alkyl halides is 3. The first-order valence-electron chi connectivity index (χ1n) is 8.07. The van der Waals surface area contributed by atoms with Gasteiger partial charge in [-0.2, -0.15) is 26.6 Å². The van der Waals surface area contributed by atoms with E-state index in [0.29, 0.717) is 6.54 Å². The highest BCUT2D eigenvalue weighted by Gasteiger charge is 2.49. The van der Waals surface area contributed by atoms with E-state index in [4.69, 9.17) is 0 Å². The largest absolute Gasteiger partial charge is 0.534 e. The summed E-state index contributed by atoms with van der Waals surface area (Å²) >= 11 is 0. The van der Waals surface area contributed by atoms with E-state index in [1.807, 2.05) is 39.8 Å². The lowest BCUT2D eigenvalue weighted by molar-refractivity contribution is -0.0501. The summed E-state index contributed by atoms with van der Waals surface area (Å²) in [5.41, 5.74) is -1.53. The Morgan fingerprint density at radius 2 is 1.59 bits per heavy atom. The molecule has 0 saturated carbocycles. The van der Waals surface area contributed by atoms with Crippen molar-refractivity contribution in [1.29, 1.82) is 0 Å². The number of aryl methyl sites for hydroxylation is 4. The fraction of sp³-hybridized carbons (Fsp3) is 0.412. The van der Waals surface area contributed by atoms with Crippen molar-refractivity contribution < 1.29 is 25.8 Å². The molecule has 0 radical (unpaired) electrons. The molecule has 2 aromatic rings. The van der Waals surface area contributed by atoms with Crippen LogP contribution >= 0.6 is 0 Å². The maximum absolute atomic E-state index is 12.6. The van der Waals surface area contributed by atoms with Crippen molar-refractivity contribution in [3.8, 4) is 5.88 Å². The third kappa shape index (κ3) is 4.49. The molecule has 0 N–H and O–H groups in total. The first-order valence-corrected chi connectivity index (χ1v) is 9.48. The molecule has 0 bridgehead atoms. The van der Waals surface area contributed by atoms with Crippen molar-refractivity contribution in [1.82, 2.24) is 9.97 Å². The molecule has 0 unspecified atom stereocenters. The summed E-state index contributed by atoms with van der Waals surface area (Å²) in [5.74, 6) is -0.629. The lowest BCUT2D eigenvalue weighted by Gasteiger charge is -2.26. The summed E-state index contributed by atoms with van der Waals surface area (Å²) in [7, 11) is -5.81. The van der Waals surface area contributed by atoms with E-state index in [1.165, 1.54) is 6.92 Å². The van der Waals surface area contributed by atoms with Gasteiger partial charge in [0, 0.05) is 24.0 Å². The Kier molecular flexibility index (Phi) is 5.69. The van der Waals surface area contributed by atoms with Gasteiger partial charge in [-0.3, -0.25) is 0 Å². The Hall–Kier alpha value is -2.36. The smallest absolute Gasteiger partial charge is 0.355 e. The Morgan fingerprint density at radius 1 is 1.04 bits per heavy atom. The van der Waals surface area contributed by atoms with Gasteiger partial charge in [-0.1, -0.05) is 17.7 Å². The van der Waals surface area contributed by atoms with E-state index >= 15 is 0 Å². The zero-order valence-electron chi connectivity index (χ0n) is 15.5. The van der Waals surface area contributed by atoms with Crippen LogP contribution in [0.4, 0.5) is 24.8 Å². The third-order valence-corrected chi connectivity index (χ3v) is 4.72. The summed E-state index contributed by atoms with van der Waals surface area (Å²) in [6.07, 6.45) is 0. The highest BCUT2D eigenvalue weighted by Crippen LogP contribution is 2.32. The van der Waals surface area contributed by atoms with Crippen molar-refractivity contribution in [2.45, 2.75) is 40.1 Å². The minimum atomic E-state index is -5.81. The molecule has 148 valence electrons. The van der Waals surface area contributed by atoms with Gasteiger partial charge in [0.1, 0.15) is 0 Å². The van der Waals surface area contributed by atoms with Crippen LogP contribution in [0.25, 0.3) is 0 Å². The van der Waals surface area contributed by atoms with Crippen LogP contribution in [0.15, 0.2) is 18.2 Å². The highest BCUT2D eigenvalue weighted by atomic mass is 32.2. The number of anilines is 2. The second kappa shape index (κ2) is 7.34. The molecule has 0 fully saturated rings. The lowest BCUT2D eigenvalue weighted by atomic mass is 10.0. The predicted molar refractivity (Wildman–Crippen MR) is 95.7 cm³/mol. The molecule has 0 aliphatic rings. The van der Waals surface area contributed by atoms with Gasteiger partial charge >= 0.3 is 15.6 Å². The predicted octanol–water partition coefficient (Wildman–Crippen LogP) is 4.10.